The highest BCUT2D eigenvalue weighted by Crippen LogP contribution is 2.19. The van der Waals surface area contributed by atoms with Crippen molar-refractivity contribution in [3.63, 3.8) is 0 Å². The average Bonchev–Trinajstić information content (AvgIpc) is 2.28. The number of nitrogens with zero attached hydrogens (tertiary/aromatic N) is 1. The van der Waals surface area contributed by atoms with Crippen LogP contribution in [0.2, 0.25) is 0 Å². The van der Waals surface area contributed by atoms with Crippen LogP contribution in [0.4, 0.5) is 0 Å². The summed E-state index contributed by atoms with van der Waals surface area (Å²) in [6.07, 6.45) is 0. The van der Waals surface area contributed by atoms with E-state index in [2.05, 4.69) is 0 Å². The Kier molecular flexibility index (Phi) is 4.30. The van der Waals surface area contributed by atoms with Gasteiger partial charge in [0.1, 0.15) is 0 Å². The topological polar surface area (TPSA) is 63.4 Å². The minimum Gasteiger partial charge on any atom is -0.326 e. The predicted octanol–water partition coefficient (Wildman–Crippen LogP) is 1.48. The van der Waals surface area contributed by atoms with Crippen molar-refractivity contribution in [3.8, 4) is 0 Å². The highest BCUT2D eigenvalue weighted by Gasteiger charge is 2.23. The molecule has 4 nitrogen and oxygen atoms in total. The smallest absolute Gasteiger partial charge is 0.243 e. The van der Waals surface area contributed by atoms with Gasteiger partial charge in [0.25, 0.3) is 0 Å². The zero-order valence-electron chi connectivity index (χ0n) is 10.8. The van der Waals surface area contributed by atoms with Gasteiger partial charge in [0, 0.05) is 19.6 Å². The maximum atomic E-state index is 12.2. The second-order valence-corrected chi connectivity index (χ2v) is 6.40. The second-order valence-electron chi connectivity index (χ2n) is 4.41. The standard InChI is InChI=1S/C12H20N2O2S/c1-9(2)14(4)17(15,16)12-6-5-10(3)11(7-12)8-13/h5-7,9H,8,13H2,1-4H3. The number of nitrogens with two attached hydrogens (primary N) is 1. The van der Waals surface area contributed by atoms with Crippen molar-refractivity contribution in [3.05, 3.63) is 29.3 Å². The Morgan fingerprint density at radius 3 is 2.41 bits per heavy atom. The Bertz CT molecular complexity index is 495. The summed E-state index contributed by atoms with van der Waals surface area (Å²) < 4.78 is 25.8. The van der Waals surface area contributed by atoms with Gasteiger partial charge in [0.05, 0.1) is 4.90 Å². The van der Waals surface area contributed by atoms with E-state index < -0.39 is 10.0 Å². The highest BCUT2D eigenvalue weighted by molar-refractivity contribution is 7.89. The van der Waals surface area contributed by atoms with Gasteiger partial charge in [0.2, 0.25) is 10.0 Å². The quantitative estimate of drug-likeness (QED) is 0.887. The Balaban J connectivity index is 3.25. The lowest BCUT2D eigenvalue weighted by Crippen LogP contribution is -2.33. The summed E-state index contributed by atoms with van der Waals surface area (Å²) in [7, 11) is -1.82. The third-order valence-electron chi connectivity index (χ3n) is 2.94. The van der Waals surface area contributed by atoms with Crippen molar-refractivity contribution in [2.75, 3.05) is 7.05 Å². The third-order valence-corrected chi connectivity index (χ3v) is 4.97. The summed E-state index contributed by atoms with van der Waals surface area (Å²) in [4.78, 5) is 0.305. The molecule has 1 rings (SSSR count). The van der Waals surface area contributed by atoms with Gasteiger partial charge >= 0.3 is 0 Å². The molecule has 0 fully saturated rings. The van der Waals surface area contributed by atoms with E-state index in [0.717, 1.165) is 11.1 Å². The van der Waals surface area contributed by atoms with E-state index >= 15 is 0 Å². The Morgan fingerprint density at radius 1 is 1.35 bits per heavy atom. The molecule has 0 amide bonds. The maximum absolute atomic E-state index is 12.2. The minimum absolute atomic E-state index is 0.0670. The van der Waals surface area contributed by atoms with E-state index in [1.807, 2.05) is 20.8 Å². The van der Waals surface area contributed by atoms with Crippen molar-refractivity contribution in [1.29, 1.82) is 0 Å². The number of hydrogen-bond acceptors (Lipinski definition) is 3. The molecule has 0 aliphatic carbocycles. The zero-order valence-corrected chi connectivity index (χ0v) is 11.6. The molecule has 0 heterocycles. The number of rotatable bonds is 4. The van der Waals surface area contributed by atoms with Crippen LogP contribution in [-0.4, -0.2) is 25.8 Å². The summed E-state index contributed by atoms with van der Waals surface area (Å²) in [6.45, 7) is 5.95. The molecule has 0 aliphatic heterocycles. The fourth-order valence-corrected chi connectivity index (χ4v) is 2.89. The van der Waals surface area contributed by atoms with Gasteiger partial charge in [-0.2, -0.15) is 4.31 Å². The second kappa shape index (κ2) is 5.16. The summed E-state index contributed by atoms with van der Waals surface area (Å²) in [5, 5.41) is 0. The molecule has 2 N–H and O–H groups in total. The summed E-state index contributed by atoms with van der Waals surface area (Å²) in [6, 6.07) is 5.01. The molecule has 1 aromatic carbocycles. The molecule has 5 heteroatoms. The highest BCUT2D eigenvalue weighted by atomic mass is 32.2. The van der Waals surface area contributed by atoms with Gasteiger partial charge < -0.3 is 5.73 Å². The predicted molar refractivity (Wildman–Crippen MR) is 69.2 cm³/mol. The van der Waals surface area contributed by atoms with Crippen LogP contribution in [0, 0.1) is 6.92 Å². The first-order chi connectivity index (χ1) is 7.80. The van der Waals surface area contributed by atoms with Crippen LogP contribution >= 0.6 is 0 Å². The number of sulfonamides is 1. The number of benzene rings is 1. The van der Waals surface area contributed by atoms with Gasteiger partial charge in [-0.1, -0.05) is 6.07 Å². The van der Waals surface area contributed by atoms with Gasteiger partial charge in [-0.25, -0.2) is 8.42 Å². The molecular formula is C12H20N2O2S. The van der Waals surface area contributed by atoms with Crippen molar-refractivity contribution < 1.29 is 8.42 Å². The SMILES string of the molecule is Cc1ccc(S(=O)(=O)N(C)C(C)C)cc1CN. The Morgan fingerprint density at radius 2 is 1.94 bits per heavy atom. The summed E-state index contributed by atoms with van der Waals surface area (Å²) >= 11 is 0. The lowest BCUT2D eigenvalue weighted by Gasteiger charge is -2.21. The monoisotopic (exact) mass is 256 g/mol. The lowest BCUT2D eigenvalue weighted by atomic mass is 10.1. The van der Waals surface area contributed by atoms with Crippen molar-refractivity contribution >= 4 is 10.0 Å². The van der Waals surface area contributed by atoms with Gasteiger partial charge in [-0.3, -0.25) is 0 Å². The fraction of sp³-hybridized carbons (Fsp3) is 0.500. The largest absolute Gasteiger partial charge is 0.326 e. The van der Waals surface area contributed by atoms with Crippen LogP contribution in [0.15, 0.2) is 23.1 Å². The third kappa shape index (κ3) is 2.86. The van der Waals surface area contributed by atoms with E-state index in [0.29, 0.717) is 11.4 Å². The molecule has 0 aromatic heterocycles. The van der Waals surface area contributed by atoms with Crippen molar-refractivity contribution in [1.82, 2.24) is 4.31 Å². The first-order valence-electron chi connectivity index (χ1n) is 5.58. The molecule has 0 aliphatic rings. The molecule has 0 saturated carbocycles. The number of hydrogen-bond donors (Lipinski definition) is 1. The zero-order chi connectivity index (χ0) is 13.2. The Labute approximate surface area is 103 Å². The minimum atomic E-state index is -3.41. The molecule has 0 bridgehead atoms. The molecule has 0 saturated heterocycles. The summed E-state index contributed by atoms with van der Waals surface area (Å²) in [5.41, 5.74) is 7.47. The van der Waals surface area contributed by atoms with E-state index in [1.54, 1.807) is 25.2 Å². The number of aryl methyl sites for hydroxylation is 1. The maximum Gasteiger partial charge on any atom is 0.243 e. The van der Waals surface area contributed by atoms with Crippen LogP contribution in [0.5, 0.6) is 0 Å². The fourth-order valence-electron chi connectivity index (χ4n) is 1.47. The van der Waals surface area contributed by atoms with Crippen LogP contribution in [0.25, 0.3) is 0 Å². The first kappa shape index (κ1) is 14.2. The Hall–Kier alpha value is -0.910. The van der Waals surface area contributed by atoms with E-state index in [1.165, 1.54) is 4.31 Å². The van der Waals surface area contributed by atoms with Crippen LogP contribution in [-0.2, 0) is 16.6 Å². The van der Waals surface area contributed by atoms with Gasteiger partial charge in [-0.15, -0.1) is 0 Å². The molecule has 1 aromatic rings. The molecule has 96 valence electrons. The lowest BCUT2D eigenvalue weighted by molar-refractivity contribution is 0.410. The van der Waals surface area contributed by atoms with Crippen LogP contribution in [0.3, 0.4) is 0 Å². The van der Waals surface area contributed by atoms with Crippen molar-refractivity contribution in [2.24, 2.45) is 5.73 Å². The molecule has 0 unspecified atom stereocenters. The first-order valence-corrected chi connectivity index (χ1v) is 7.02. The molecule has 0 spiro atoms. The van der Waals surface area contributed by atoms with E-state index in [4.69, 9.17) is 5.73 Å². The summed E-state index contributed by atoms with van der Waals surface area (Å²) in [5.74, 6) is 0. The van der Waals surface area contributed by atoms with Crippen molar-refractivity contribution in [2.45, 2.75) is 38.3 Å². The van der Waals surface area contributed by atoms with Gasteiger partial charge in [-0.05, 0) is 44.0 Å². The molecule has 0 atom stereocenters. The normalized spacial score (nSPS) is 12.4. The van der Waals surface area contributed by atoms with Crippen LogP contribution < -0.4 is 5.73 Å². The van der Waals surface area contributed by atoms with E-state index in [-0.39, 0.29) is 6.04 Å². The average molecular weight is 256 g/mol. The molecule has 17 heavy (non-hydrogen) atoms. The van der Waals surface area contributed by atoms with Crippen LogP contribution in [0.1, 0.15) is 25.0 Å². The molecular weight excluding hydrogens is 236 g/mol. The van der Waals surface area contributed by atoms with Gasteiger partial charge in [0.15, 0.2) is 0 Å². The molecule has 0 radical (unpaired) electrons. The van der Waals surface area contributed by atoms with E-state index in [9.17, 15) is 8.42 Å².